The van der Waals surface area contributed by atoms with E-state index in [2.05, 4.69) is 6.58 Å². The molecule has 1 aliphatic heterocycles. The van der Waals surface area contributed by atoms with Crippen molar-refractivity contribution in [2.75, 3.05) is 11.4 Å². The summed E-state index contributed by atoms with van der Waals surface area (Å²) in [5, 5.41) is 0. The van der Waals surface area contributed by atoms with E-state index in [1.54, 1.807) is 0 Å². The zero-order chi connectivity index (χ0) is 21.8. The molecule has 30 heavy (non-hydrogen) atoms. The quantitative estimate of drug-likeness (QED) is 0.316. The van der Waals surface area contributed by atoms with Crippen LogP contribution in [0, 0.1) is 5.82 Å². The van der Waals surface area contributed by atoms with Crippen LogP contribution in [0.25, 0.3) is 0 Å². The lowest BCUT2D eigenvalue weighted by Crippen LogP contribution is -2.45. The smallest absolute Gasteiger partial charge is 0.308 e. The van der Waals surface area contributed by atoms with Crippen molar-refractivity contribution in [3.63, 3.8) is 0 Å². The minimum Gasteiger partial charge on any atom is -0.427 e. The normalized spacial score (nSPS) is 15.8. The molecule has 0 bridgehead atoms. The van der Waals surface area contributed by atoms with Gasteiger partial charge < -0.3 is 9.64 Å². The fourth-order valence-electron chi connectivity index (χ4n) is 3.21. The van der Waals surface area contributed by atoms with Crippen LogP contribution in [0.15, 0.2) is 61.2 Å². The van der Waals surface area contributed by atoms with E-state index in [9.17, 15) is 23.6 Å². The predicted octanol–water partition coefficient (Wildman–Crippen LogP) is 2.71. The van der Waals surface area contributed by atoms with Crippen LogP contribution in [0.3, 0.4) is 0 Å². The molecular formula is C22H19FN2O5. The molecule has 1 aliphatic rings. The molecule has 3 amide bonds. The number of carbonyl (C=O) groups excluding carboxylic acids is 4. The standard InChI is InChI=1S/C22H19FN2O5/c1-3-12-24(21(28)15-4-6-16(23)7-5-15)19-13-20(27)25(22(19)29)17-8-10-18(11-9-17)30-14(2)26/h3-11,19H,1,12-13H2,2H3. The van der Waals surface area contributed by atoms with Gasteiger partial charge in [0, 0.05) is 19.0 Å². The van der Waals surface area contributed by atoms with Gasteiger partial charge in [-0.2, -0.15) is 0 Å². The topological polar surface area (TPSA) is 84.0 Å². The van der Waals surface area contributed by atoms with Crippen molar-refractivity contribution in [1.29, 1.82) is 0 Å². The van der Waals surface area contributed by atoms with Gasteiger partial charge in [0.25, 0.3) is 11.8 Å². The van der Waals surface area contributed by atoms with Gasteiger partial charge >= 0.3 is 5.97 Å². The van der Waals surface area contributed by atoms with E-state index in [1.165, 1.54) is 54.3 Å². The molecule has 1 unspecified atom stereocenters. The Hall–Kier alpha value is -3.81. The number of halogens is 1. The van der Waals surface area contributed by atoms with Crippen molar-refractivity contribution in [1.82, 2.24) is 4.90 Å². The summed E-state index contributed by atoms with van der Waals surface area (Å²) in [5.41, 5.74) is 0.499. The number of hydrogen-bond acceptors (Lipinski definition) is 5. The first-order chi connectivity index (χ1) is 14.3. The third-order valence-electron chi connectivity index (χ3n) is 4.53. The van der Waals surface area contributed by atoms with Gasteiger partial charge in [-0.3, -0.25) is 19.2 Å². The molecule has 0 aliphatic carbocycles. The number of ether oxygens (including phenoxy) is 1. The number of benzene rings is 2. The zero-order valence-corrected chi connectivity index (χ0v) is 16.2. The second-order valence-corrected chi connectivity index (χ2v) is 6.63. The molecule has 1 atom stereocenters. The van der Waals surface area contributed by atoms with Crippen LogP contribution in [-0.4, -0.2) is 41.2 Å². The molecular weight excluding hydrogens is 391 g/mol. The Morgan fingerprint density at radius 3 is 2.37 bits per heavy atom. The molecule has 0 N–H and O–H groups in total. The van der Waals surface area contributed by atoms with Crippen molar-refractivity contribution >= 4 is 29.4 Å². The van der Waals surface area contributed by atoms with E-state index in [0.29, 0.717) is 5.69 Å². The highest BCUT2D eigenvalue weighted by molar-refractivity contribution is 6.23. The average Bonchev–Trinajstić information content (AvgIpc) is 3.00. The molecule has 154 valence electrons. The highest BCUT2D eigenvalue weighted by atomic mass is 19.1. The summed E-state index contributed by atoms with van der Waals surface area (Å²) in [7, 11) is 0. The van der Waals surface area contributed by atoms with E-state index >= 15 is 0 Å². The first-order valence-electron chi connectivity index (χ1n) is 9.14. The SMILES string of the molecule is C=CCN(C(=O)c1ccc(F)cc1)C1CC(=O)N(c2ccc(OC(C)=O)cc2)C1=O. The van der Waals surface area contributed by atoms with E-state index in [-0.39, 0.29) is 24.3 Å². The van der Waals surface area contributed by atoms with Crippen LogP contribution in [-0.2, 0) is 14.4 Å². The molecule has 0 saturated carbocycles. The van der Waals surface area contributed by atoms with Crippen molar-refractivity contribution < 1.29 is 28.3 Å². The van der Waals surface area contributed by atoms with E-state index in [0.717, 1.165) is 17.0 Å². The molecule has 0 spiro atoms. The maximum Gasteiger partial charge on any atom is 0.308 e. The summed E-state index contributed by atoms with van der Waals surface area (Å²) >= 11 is 0. The predicted molar refractivity (Wildman–Crippen MR) is 106 cm³/mol. The number of hydrogen-bond donors (Lipinski definition) is 0. The molecule has 0 radical (unpaired) electrons. The summed E-state index contributed by atoms with van der Waals surface area (Å²) < 4.78 is 18.1. The minimum atomic E-state index is -1.01. The van der Waals surface area contributed by atoms with E-state index in [4.69, 9.17) is 4.74 Å². The number of rotatable bonds is 6. The Kier molecular flexibility index (Phi) is 6.06. The summed E-state index contributed by atoms with van der Waals surface area (Å²) in [6.45, 7) is 4.91. The minimum absolute atomic E-state index is 0.0408. The molecule has 1 saturated heterocycles. The second-order valence-electron chi connectivity index (χ2n) is 6.63. The van der Waals surface area contributed by atoms with Crippen molar-refractivity contribution in [2.24, 2.45) is 0 Å². The number of anilines is 1. The number of carbonyl (C=O) groups is 4. The largest absolute Gasteiger partial charge is 0.427 e. The summed E-state index contributed by atoms with van der Waals surface area (Å²) in [5.74, 6) is -2.23. The Labute approximate surface area is 172 Å². The maximum absolute atomic E-state index is 13.2. The Balaban J connectivity index is 1.85. The third-order valence-corrected chi connectivity index (χ3v) is 4.53. The van der Waals surface area contributed by atoms with E-state index < -0.39 is 35.5 Å². The van der Waals surface area contributed by atoms with Gasteiger partial charge in [-0.1, -0.05) is 6.08 Å². The van der Waals surface area contributed by atoms with Crippen molar-refractivity contribution in [3.8, 4) is 5.75 Å². The van der Waals surface area contributed by atoms with Gasteiger partial charge in [0.2, 0.25) is 5.91 Å². The lowest BCUT2D eigenvalue weighted by atomic mass is 10.1. The van der Waals surface area contributed by atoms with Crippen LogP contribution in [0.2, 0.25) is 0 Å². The van der Waals surface area contributed by atoms with Crippen molar-refractivity contribution in [2.45, 2.75) is 19.4 Å². The summed E-state index contributed by atoms with van der Waals surface area (Å²) in [6, 6.07) is 9.83. The lowest BCUT2D eigenvalue weighted by Gasteiger charge is -2.26. The van der Waals surface area contributed by atoms with E-state index in [1.807, 2.05) is 0 Å². The van der Waals surface area contributed by atoms with Gasteiger partial charge in [0.15, 0.2) is 0 Å². The highest BCUT2D eigenvalue weighted by Gasteiger charge is 2.44. The number of nitrogens with zero attached hydrogens (tertiary/aromatic N) is 2. The van der Waals surface area contributed by atoms with Gasteiger partial charge in [0.05, 0.1) is 12.1 Å². The highest BCUT2D eigenvalue weighted by Crippen LogP contribution is 2.28. The van der Waals surface area contributed by atoms with Crippen LogP contribution in [0.1, 0.15) is 23.7 Å². The molecule has 7 nitrogen and oxygen atoms in total. The first-order valence-corrected chi connectivity index (χ1v) is 9.14. The second kappa shape index (κ2) is 8.69. The van der Waals surface area contributed by atoms with Crippen LogP contribution >= 0.6 is 0 Å². The third kappa shape index (κ3) is 4.27. The Bertz CT molecular complexity index is 1000. The molecule has 1 fully saturated rings. The Morgan fingerprint density at radius 1 is 1.17 bits per heavy atom. The lowest BCUT2D eigenvalue weighted by molar-refractivity contribution is -0.132. The molecule has 2 aromatic carbocycles. The fraction of sp³-hybridized carbons (Fsp3) is 0.182. The van der Waals surface area contributed by atoms with Crippen LogP contribution < -0.4 is 9.64 Å². The Morgan fingerprint density at radius 2 is 1.80 bits per heavy atom. The van der Waals surface area contributed by atoms with Gasteiger partial charge in [-0.25, -0.2) is 9.29 Å². The molecule has 0 aromatic heterocycles. The van der Waals surface area contributed by atoms with Gasteiger partial charge in [-0.15, -0.1) is 6.58 Å². The first kappa shape index (κ1) is 20.9. The number of esters is 1. The van der Waals surface area contributed by atoms with Crippen LogP contribution in [0.4, 0.5) is 10.1 Å². The summed E-state index contributed by atoms with van der Waals surface area (Å²) in [6.07, 6.45) is 1.26. The van der Waals surface area contributed by atoms with Gasteiger partial charge in [-0.05, 0) is 48.5 Å². The van der Waals surface area contributed by atoms with Crippen molar-refractivity contribution in [3.05, 3.63) is 72.6 Å². The van der Waals surface area contributed by atoms with Gasteiger partial charge in [0.1, 0.15) is 17.6 Å². The molecule has 3 rings (SSSR count). The zero-order valence-electron chi connectivity index (χ0n) is 16.2. The van der Waals surface area contributed by atoms with Crippen LogP contribution in [0.5, 0.6) is 5.75 Å². The molecule has 2 aromatic rings. The maximum atomic E-state index is 13.2. The number of imide groups is 1. The summed E-state index contributed by atoms with van der Waals surface area (Å²) in [4.78, 5) is 51.8. The molecule has 8 heteroatoms. The monoisotopic (exact) mass is 410 g/mol. The molecule has 1 heterocycles. The fourth-order valence-corrected chi connectivity index (χ4v) is 3.21. The average molecular weight is 410 g/mol. The number of amides is 3.